The van der Waals surface area contributed by atoms with Gasteiger partial charge in [-0.2, -0.15) is 0 Å². The molecular weight excluding hydrogens is 405 g/mol. The summed E-state index contributed by atoms with van der Waals surface area (Å²) in [5, 5.41) is -1.90. The molecule has 2 nitrogen and oxygen atoms in total. The van der Waals surface area contributed by atoms with E-state index in [1.54, 1.807) is 0 Å². The monoisotopic (exact) mass is 402 g/mol. The topological polar surface area (TPSA) is 34.1 Å². The molecule has 0 fully saturated rings. The summed E-state index contributed by atoms with van der Waals surface area (Å²) in [5.41, 5.74) is 0. The number of rotatable bonds is 1. The standard InChI is InChI=1S/C8Cl6O2S2/c9-1-3(11)7(13,17-5(1)15)8(14)4(12)2(10)6(16)18-8/t7-,8+. The highest BCUT2D eigenvalue weighted by atomic mass is 35.5. The minimum absolute atomic E-state index is 0.166. The molecule has 0 saturated carbocycles. The summed E-state index contributed by atoms with van der Waals surface area (Å²) in [6, 6.07) is 0. The van der Waals surface area contributed by atoms with Crippen molar-refractivity contribution in [1.29, 1.82) is 0 Å². The van der Waals surface area contributed by atoms with E-state index < -0.39 is 18.6 Å². The quantitative estimate of drug-likeness (QED) is 0.589. The van der Waals surface area contributed by atoms with Gasteiger partial charge in [0.1, 0.15) is 10.1 Å². The van der Waals surface area contributed by atoms with Crippen LogP contribution in [0.5, 0.6) is 0 Å². The van der Waals surface area contributed by atoms with Gasteiger partial charge in [-0.05, 0) is 23.5 Å². The molecule has 2 heterocycles. The Morgan fingerprint density at radius 3 is 1.17 bits per heavy atom. The zero-order chi connectivity index (χ0) is 13.9. The Hall–Kier alpha value is 1.26. The van der Waals surface area contributed by atoms with Crippen molar-refractivity contribution in [2.45, 2.75) is 8.41 Å². The zero-order valence-corrected chi connectivity index (χ0v) is 14.1. The maximum Gasteiger partial charge on any atom is 0.234 e. The number of hydrogen-bond acceptors (Lipinski definition) is 4. The van der Waals surface area contributed by atoms with Gasteiger partial charge in [-0.3, -0.25) is 9.59 Å². The summed E-state index contributed by atoms with van der Waals surface area (Å²) < 4.78 is -3.34. The SMILES string of the molecule is O=C1S[C@](Cl)([C@]2(Cl)SC(=O)C(Cl)=C2Cl)C(Cl)=C1Cl. The highest BCUT2D eigenvalue weighted by Crippen LogP contribution is 2.67. The van der Waals surface area contributed by atoms with Crippen LogP contribution in [0.25, 0.3) is 0 Å². The van der Waals surface area contributed by atoms with Gasteiger partial charge in [0.25, 0.3) is 0 Å². The average molecular weight is 405 g/mol. The highest BCUT2D eigenvalue weighted by Gasteiger charge is 2.64. The maximum atomic E-state index is 11.5. The first-order valence-corrected chi connectivity index (χ1v) is 8.01. The highest BCUT2D eigenvalue weighted by molar-refractivity contribution is 8.21. The van der Waals surface area contributed by atoms with Gasteiger partial charge in [-0.15, -0.1) is 0 Å². The first-order valence-electron chi connectivity index (χ1n) is 4.11. The van der Waals surface area contributed by atoms with Gasteiger partial charge in [0, 0.05) is 0 Å². The molecule has 0 aliphatic carbocycles. The van der Waals surface area contributed by atoms with E-state index in [-0.39, 0.29) is 20.1 Å². The lowest BCUT2D eigenvalue weighted by molar-refractivity contribution is -0.108. The third-order valence-corrected chi connectivity index (χ3v) is 8.91. The predicted octanol–water partition coefficient (Wildman–Crippen LogP) is 4.78. The summed E-state index contributed by atoms with van der Waals surface area (Å²) in [5.74, 6) is 0. The van der Waals surface area contributed by atoms with Crippen LogP contribution in [0.2, 0.25) is 0 Å². The fourth-order valence-electron chi connectivity index (χ4n) is 1.31. The molecule has 0 bridgehead atoms. The van der Waals surface area contributed by atoms with Crippen LogP contribution < -0.4 is 0 Å². The lowest BCUT2D eigenvalue weighted by Crippen LogP contribution is -2.39. The molecule has 0 unspecified atom stereocenters. The molecule has 0 aromatic rings. The summed E-state index contributed by atoms with van der Waals surface area (Å²) in [6.45, 7) is 0. The Morgan fingerprint density at radius 1 is 0.722 bits per heavy atom. The first kappa shape index (κ1) is 15.6. The molecule has 0 aromatic carbocycles. The lowest BCUT2D eigenvalue weighted by Gasteiger charge is -2.34. The average Bonchev–Trinajstić information content (AvgIpc) is 2.63. The zero-order valence-electron chi connectivity index (χ0n) is 7.90. The van der Waals surface area contributed by atoms with E-state index >= 15 is 0 Å². The van der Waals surface area contributed by atoms with Crippen molar-refractivity contribution in [2.24, 2.45) is 0 Å². The minimum atomic E-state index is -1.67. The summed E-state index contributed by atoms with van der Waals surface area (Å²) in [6.07, 6.45) is 0. The Labute approximate surface area is 140 Å². The number of carbonyl (C=O) groups is 2. The van der Waals surface area contributed by atoms with E-state index in [0.717, 1.165) is 0 Å². The Morgan fingerprint density at radius 2 is 1.00 bits per heavy atom. The molecular formula is C8Cl6O2S2. The van der Waals surface area contributed by atoms with Crippen LogP contribution in [0.15, 0.2) is 20.1 Å². The molecule has 0 radical (unpaired) electrons. The molecule has 10 heteroatoms. The Balaban J connectivity index is 2.58. The molecule has 0 aromatic heterocycles. The van der Waals surface area contributed by atoms with Crippen molar-refractivity contribution in [2.75, 3.05) is 0 Å². The molecule has 2 aliphatic rings. The predicted molar refractivity (Wildman–Crippen MR) is 79.8 cm³/mol. The van der Waals surface area contributed by atoms with Gasteiger partial charge in [0.15, 0.2) is 8.41 Å². The van der Waals surface area contributed by atoms with Crippen molar-refractivity contribution >= 4 is 103 Å². The van der Waals surface area contributed by atoms with Crippen molar-refractivity contribution in [3.05, 3.63) is 20.1 Å². The maximum absolute atomic E-state index is 11.5. The van der Waals surface area contributed by atoms with Gasteiger partial charge in [0.05, 0.1) is 10.1 Å². The van der Waals surface area contributed by atoms with Crippen LogP contribution in [0.1, 0.15) is 0 Å². The van der Waals surface area contributed by atoms with Crippen LogP contribution in [0.4, 0.5) is 0 Å². The van der Waals surface area contributed by atoms with E-state index in [4.69, 9.17) is 69.6 Å². The molecule has 18 heavy (non-hydrogen) atoms. The number of thioether (sulfide) groups is 2. The number of alkyl halides is 2. The van der Waals surface area contributed by atoms with E-state index in [0.29, 0.717) is 23.5 Å². The van der Waals surface area contributed by atoms with Crippen LogP contribution in [0, 0.1) is 0 Å². The Bertz CT molecular complexity index is 496. The van der Waals surface area contributed by atoms with Crippen molar-refractivity contribution in [1.82, 2.24) is 0 Å². The fourth-order valence-corrected chi connectivity index (χ4v) is 6.07. The third-order valence-electron chi connectivity index (χ3n) is 2.19. The molecule has 0 amide bonds. The van der Waals surface area contributed by atoms with Crippen LogP contribution >= 0.6 is 93.1 Å². The fraction of sp³-hybridized carbons (Fsp3) is 0.250. The van der Waals surface area contributed by atoms with E-state index in [1.165, 1.54) is 0 Å². The third kappa shape index (κ3) is 1.96. The molecule has 0 N–H and O–H groups in total. The molecule has 2 atom stereocenters. The Kier molecular flexibility index (Phi) is 4.27. The normalized spacial score (nSPS) is 37.2. The molecule has 2 aliphatic heterocycles. The molecule has 98 valence electrons. The van der Waals surface area contributed by atoms with Crippen molar-refractivity contribution < 1.29 is 9.59 Å². The summed E-state index contributed by atoms with van der Waals surface area (Å²) in [7, 11) is 0. The van der Waals surface area contributed by atoms with E-state index in [2.05, 4.69) is 0 Å². The second kappa shape index (κ2) is 4.92. The van der Waals surface area contributed by atoms with Crippen molar-refractivity contribution in [3.8, 4) is 0 Å². The lowest BCUT2D eigenvalue weighted by atomic mass is 10.2. The minimum Gasteiger partial charge on any atom is -0.280 e. The summed E-state index contributed by atoms with van der Waals surface area (Å²) in [4.78, 5) is 23.1. The van der Waals surface area contributed by atoms with Gasteiger partial charge in [-0.25, -0.2) is 0 Å². The molecule has 0 spiro atoms. The molecule has 2 rings (SSSR count). The number of halogens is 6. The van der Waals surface area contributed by atoms with Gasteiger partial charge >= 0.3 is 0 Å². The largest absolute Gasteiger partial charge is 0.280 e. The smallest absolute Gasteiger partial charge is 0.234 e. The number of carbonyl (C=O) groups excluding carboxylic acids is 2. The van der Waals surface area contributed by atoms with Crippen molar-refractivity contribution in [3.63, 3.8) is 0 Å². The second-order valence-corrected chi connectivity index (χ2v) is 8.69. The van der Waals surface area contributed by atoms with E-state index in [9.17, 15) is 9.59 Å². The van der Waals surface area contributed by atoms with Gasteiger partial charge in [0.2, 0.25) is 10.2 Å². The van der Waals surface area contributed by atoms with Gasteiger partial charge in [-0.1, -0.05) is 69.6 Å². The van der Waals surface area contributed by atoms with Crippen LogP contribution in [-0.2, 0) is 9.59 Å². The molecule has 0 saturated heterocycles. The van der Waals surface area contributed by atoms with Crippen LogP contribution in [-0.4, -0.2) is 18.6 Å². The van der Waals surface area contributed by atoms with Gasteiger partial charge < -0.3 is 0 Å². The second-order valence-electron chi connectivity index (χ2n) is 3.23. The first-order chi connectivity index (χ1) is 8.15. The van der Waals surface area contributed by atoms with Crippen LogP contribution in [0.3, 0.4) is 0 Å². The number of hydrogen-bond donors (Lipinski definition) is 0. The summed E-state index contributed by atoms with van der Waals surface area (Å²) >= 11 is 37.0. The van der Waals surface area contributed by atoms with E-state index in [1.807, 2.05) is 0 Å².